The van der Waals surface area contributed by atoms with Gasteiger partial charge < -0.3 is 9.88 Å². The Balaban J connectivity index is 1.70. The van der Waals surface area contributed by atoms with Gasteiger partial charge in [-0.3, -0.25) is 4.79 Å². The second-order valence-electron chi connectivity index (χ2n) is 4.62. The summed E-state index contributed by atoms with van der Waals surface area (Å²) < 4.78 is 0. The van der Waals surface area contributed by atoms with E-state index in [-0.39, 0.29) is 0 Å². The highest BCUT2D eigenvalue weighted by Crippen LogP contribution is 2.16. The van der Waals surface area contributed by atoms with Crippen LogP contribution in [-0.4, -0.2) is 28.9 Å². The predicted octanol–water partition coefficient (Wildman–Crippen LogP) is 2.33. The van der Waals surface area contributed by atoms with Crippen LogP contribution in [0.5, 0.6) is 0 Å². The number of likely N-dealkylation sites (tertiary alicyclic amines) is 1. The van der Waals surface area contributed by atoms with E-state index in [0.29, 0.717) is 5.91 Å². The maximum atomic E-state index is 11.5. The fraction of sp³-hybridized carbons (Fsp3) is 0.357. The van der Waals surface area contributed by atoms with Crippen molar-refractivity contribution >= 4 is 16.8 Å². The number of fused-ring (bicyclic) bond motifs is 1. The lowest BCUT2D eigenvalue weighted by Crippen LogP contribution is -2.26. The summed E-state index contributed by atoms with van der Waals surface area (Å²) in [5.41, 5.74) is 2.39. The Morgan fingerprint density at radius 1 is 1.29 bits per heavy atom. The zero-order valence-electron chi connectivity index (χ0n) is 9.78. The fourth-order valence-corrected chi connectivity index (χ4v) is 2.46. The van der Waals surface area contributed by atoms with Gasteiger partial charge in [-0.2, -0.15) is 0 Å². The van der Waals surface area contributed by atoms with Gasteiger partial charge in [0.1, 0.15) is 0 Å². The Labute approximate surface area is 100 Å². The van der Waals surface area contributed by atoms with E-state index in [9.17, 15) is 4.79 Å². The molecule has 3 rings (SSSR count). The summed E-state index contributed by atoms with van der Waals surface area (Å²) in [5, 5.41) is 1.25. The fourth-order valence-electron chi connectivity index (χ4n) is 2.46. The Kier molecular flexibility index (Phi) is 2.59. The number of hydrogen-bond donors (Lipinski definition) is 1. The van der Waals surface area contributed by atoms with Crippen molar-refractivity contribution < 1.29 is 4.79 Å². The van der Waals surface area contributed by atoms with Crippen LogP contribution in [-0.2, 0) is 11.2 Å². The summed E-state index contributed by atoms with van der Waals surface area (Å²) in [6, 6.07) is 10.4. The quantitative estimate of drug-likeness (QED) is 0.860. The minimum absolute atomic E-state index is 0.307. The van der Waals surface area contributed by atoms with E-state index < -0.39 is 0 Å². The van der Waals surface area contributed by atoms with Crippen LogP contribution in [0.4, 0.5) is 0 Å². The molecule has 88 valence electrons. The molecule has 1 aromatic carbocycles. The molecule has 17 heavy (non-hydrogen) atoms. The molecule has 0 aliphatic carbocycles. The van der Waals surface area contributed by atoms with Crippen molar-refractivity contribution in [2.45, 2.75) is 19.3 Å². The predicted molar refractivity (Wildman–Crippen MR) is 67.8 cm³/mol. The largest absolute Gasteiger partial charge is 0.358 e. The van der Waals surface area contributed by atoms with Crippen molar-refractivity contribution in [3.63, 3.8) is 0 Å². The Morgan fingerprint density at radius 2 is 2.18 bits per heavy atom. The second-order valence-corrected chi connectivity index (χ2v) is 4.62. The summed E-state index contributed by atoms with van der Waals surface area (Å²) in [5.74, 6) is 0.307. The van der Waals surface area contributed by atoms with Crippen molar-refractivity contribution in [3.8, 4) is 0 Å². The van der Waals surface area contributed by atoms with E-state index in [0.717, 1.165) is 32.4 Å². The maximum Gasteiger partial charge on any atom is 0.222 e. The molecule has 1 amide bonds. The molecule has 1 saturated heterocycles. The van der Waals surface area contributed by atoms with Gasteiger partial charge in [0, 0.05) is 37.1 Å². The van der Waals surface area contributed by atoms with E-state index in [1.807, 2.05) is 17.0 Å². The van der Waals surface area contributed by atoms with E-state index in [2.05, 4.69) is 23.2 Å². The Hall–Kier alpha value is -1.77. The second kappa shape index (κ2) is 4.24. The van der Waals surface area contributed by atoms with Crippen LogP contribution in [0.2, 0.25) is 0 Å². The number of H-pyrrole nitrogens is 1. The first kappa shape index (κ1) is 10.4. The van der Waals surface area contributed by atoms with Gasteiger partial charge in [0.15, 0.2) is 0 Å². The number of para-hydroxylation sites is 1. The minimum atomic E-state index is 0.307. The topological polar surface area (TPSA) is 36.1 Å². The molecule has 0 spiro atoms. The summed E-state index contributed by atoms with van der Waals surface area (Å²) in [6.07, 6.45) is 2.67. The van der Waals surface area contributed by atoms with Crippen LogP contribution in [0.15, 0.2) is 30.3 Å². The van der Waals surface area contributed by atoms with Crippen molar-refractivity contribution in [3.05, 3.63) is 36.0 Å². The van der Waals surface area contributed by atoms with E-state index >= 15 is 0 Å². The van der Waals surface area contributed by atoms with Crippen LogP contribution in [0, 0.1) is 0 Å². The highest BCUT2D eigenvalue weighted by atomic mass is 16.2. The molecule has 3 heteroatoms. The maximum absolute atomic E-state index is 11.5. The molecule has 1 fully saturated rings. The third-order valence-electron chi connectivity index (χ3n) is 3.41. The van der Waals surface area contributed by atoms with Gasteiger partial charge in [-0.15, -0.1) is 0 Å². The first-order valence-corrected chi connectivity index (χ1v) is 6.17. The first-order valence-electron chi connectivity index (χ1n) is 6.17. The number of nitrogens with one attached hydrogen (secondary N) is 1. The zero-order valence-corrected chi connectivity index (χ0v) is 9.78. The third-order valence-corrected chi connectivity index (χ3v) is 3.41. The number of carbonyl (C=O) groups excluding carboxylic acids is 1. The average Bonchev–Trinajstić information content (AvgIpc) is 2.92. The van der Waals surface area contributed by atoms with Gasteiger partial charge in [-0.25, -0.2) is 0 Å². The normalized spacial score (nSPS) is 16.0. The number of hydrogen-bond acceptors (Lipinski definition) is 1. The average molecular weight is 228 g/mol. The van der Waals surface area contributed by atoms with Gasteiger partial charge in [-0.05, 0) is 23.9 Å². The number of carbonyl (C=O) groups is 1. The number of benzene rings is 1. The van der Waals surface area contributed by atoms with Crippen molar-refractivity contribution in [2.75, 3.05) is 13.1 Å². The zero-order chi connectivity index (χ0) is 11.7. The van der Waals surface area contributed by atoms with Crippen molar-refractivity contribution in [1.82, 2.24) is 9.88 Å². The molecule has 2 aromatic rings. The summed E-state index contributed by atoms with van der Waals surface area (Å²) >= 11 is 0. The van der Waals surface area contributed by atoms with E-state index in [1.54, 1.807) is 0 Å². The van der Waals surface area contributed by atoms with Crippen LogP contribution in [0.1, 0.15) is 18.5 Å². The van der Waals surface area contributed by atoms with Crippen LogP contribution >= 0.6 is 0 Å². The molecule has 1 aliphatic rings. The van der Waals surface area contributed by atoms with Gasteiger partial charge in [0.25, 0.3) is 0 Å². The molecular formula is C14H16N2O. The molecule has 0 saturated carbocycles. The van der Waals surface area contributed by atoms with Crippen LogP contribution in [0.3, 0.4) is 0 Å². The summed E-state index contributed by atoms with van der Waals surface area (Å²) in [7, 11) is 0. The monoisotopic (exact) mass is 228 g/mol. The SMILES string of the molecule is O=C1CCCN1CCc1cc2ccccc2[nH]1. The molecule has 0 atom stereocenters. The van der Waals surface area contributed by atoms with Gasteiger partial charge in [0.05, 0.1) is 0 Å². The smallest absolute Gasteiger partial charge is 0.222 e. The van der Waals surface area contributed by atoms with Gasteiger partial charge in [-0.1, -0.05) is 18.2 Å². The minimum Gasteiger partial charge on any atom is -0.358 e. The molecular weight excluding hydrogens is 212 g/mol. The van der Waals surface area contributed by atoms with Gasteiger partial charge in [0.2, 0.25) is 5.91 Å². The number of aromatic amines is 1. The Morgan fingerprint density at radius 3 is 2.94 bits per heavy atom. The van der Waals surface area contributed by atoms with Crippen molar-refractivity contribution in [1.29, 1.82) is 0 Å². The lowest BCUT2D eigenvalue weighted by molar-refractivity contribution is -0.127. The lowest BCUT2D eigenvalue weighted by atomic mass is 10.2. The number of rotatable bonds is 3. The summed E-state index contributed by atoms with van der Waals surface area (Å²) in [4.78, 5) is 16.8. The Bertz CT molecular complexity index is 511. The number of aromatic nitrogens is 1. The highest BCUT2D eigenvalue weighted by Gasteiger charge is 2.19. The molecule has 2 heterocycles. The molecule has 1 aromatic heterocycles. The van der Waals surface area contributed by atoms with E-state index in [1.165, 1.54) is 16.6 Å². The lowest BCUT2D eigenvalue weighted by Gasteiger charge is -2.14. The molecule has 3 nitrogen and oxygen atoms in total. The molecule has 1 N–H and O–H groups in total. The molecule has 0 radical (unpaired) electrons. The standard InChI is InChI=1S/C14H16N2O/c17-14-6-3-8-16(14)9-7-12-10-11-4-1-2-5-13(11)15-12/h1-2,4-5,10,15H,3,6-9H2. The van der Waals surface area contributed by atoms with Gasteiger partial charge >= 0.3 is 0 Å². The number of amides is 1. The highest BCUT2D eigenvalue weighted by molar-refractivity contribution is 5.80. The third kappa shape index (κ3) is 2.05. The summed E-state index contributed by atoms with van der Waals surface area (Å²) in [6.45, 7) is 1.77. The van der Waals surface area contributed by atoms with Crippen LogP contribution in [0.25, 0.3) is 10.9 Å². The van der Waals surface area contributed by atoms with E-state index in [4.69, 9.17) is 0 Å². The van der Waals surface area contributed by atoms with Crippen molar-refractivity contribution in [2.24, 2.45) is 0 Å². The molecule has 0 bridgehead atoms. The molecule has 1 aliphatic heterocycles. The number of nitrogens with zero attached hydrogens (tertiary/aromatic N) is 1. The first-order chi connectivity index (χ1) is 8.33. The molecule has 0 unspecified atom stereocenters. The van der Waals surface area contributed by atoms with Crippen LogP contribution < -0.4 is 0 Å².